The number of pyridine rings is 1. The van der Waals surface area contributed by atoms with Crippen molar-refractivity contribution >= 4 is 11.7 Å². The molecule has 2 aromatic heterocycles. The molecular weight excluding hydrogens is 192 g/mol. The second-order valence-electron chi connectivity index (χ2n) is 3.06. The van der Waals surface area contributed by atoms with Crippen LogP contribution in [0.3, 0.4) is 0 Å². The molecule has 0 saturated carbocycles. The molecule has 0 aliphatic heterocycles. The van der Waals surface area contributed by atoms with Gasteiger partial charge < -0.3 is 9.73 Å². The number of hydrogen-bond donors (Lipinski definition) is 1. The van der Waals surface area contributed by atoms with E-state index in [9.17, 15) is 4.79 Å². The van der Waals surface area contributed by atoms with Gasteiger partial charge in [0.1, 0.15) is 11.6 Å². The number of anilines is 1. The molecule has 0 unspecified atom stereocenters. The summed E-state index contributed by atoms with van der Waals surface area (Å²) in [5.74, 6) is 0.923. The lowest BCUT2D eigenvalue weighted by Gasteiger charge is -2.01. The summed E-state index contributed by atoms with van der Waals surface area (Å²) in [6.07, 6.45) is 3.11. The zero-order valence-corrected chi connectivity index (χ0v) is 8.23. The number of furan rings is 1. The van der Waals surface area contributed by atoms with E-state index in [1.165, 1.54) is 6.26 Å². The van der Waals surface area contributed by atoms with Crippen molar-refractivity contribution in [3.05, 3.63) is 48.0 Å². The van der Waals surface area contributed by atoms with Gasteiger partial charge >= 0.3 is 0 Å². The van der Waals surface area contributed by atoms with E-state index in [2.05, 4.69) is 10.3 Å². The van der Waals surface area contributed by atoms with Crippen molar-refractivity contribution in [3.8, 4) is 0 Å². The zero-order valence-electron chi connectivity index (χ0n) is 8.23. The highest BCUT2D eigenvalue weighted by Crippen LogP contribution is 2.11. The zero-order chi connectivity index (χ0) is 10.7. The van der Waals surface area contributed by atoms with Gasteiger partial charge in [0, 0.05) is 6.20 Å². The molecule has 2 heterocycles. The number of aromatic nitrogens is 1. The third kappa shape index (κ3) is 2.04. The highest BCUT2D eigenvalue weighted by molar-refractivity contribution is 6.04. The highest BCUT2D eigenvalue weighted by atomic mass is 16.3. The van der Waals surface area contributed by atoms with Crippen LogP contribution in [0, 0.1) is 6.92 Å². The Hall–Kier alpha value is -2.10. The largest absolute Gasteiger partial charge is 0.469 e. The van der Waals surface area contributed by atoms with Crippen molar-refractivity contribution in [2.24, 2.45) is 0 Å². The summed E-state index contributed by atoms with van der Waals surface area (Å²) in [6, 6.07) is 6.96. The summed E-state index contributed by atoms with van der Waals surface area (Å²) in [5.41, 5.74) is 0.528. The molecule has 0 spiro atoms. The van der Waals surface area contributed by atoms with E-state index in [-0.39, 0.29) is 5.91 Å². The van der Waals surface area contributed by atoms with Crippen LogP contribution in [0.25, 0.3) is 0 Å². The van der Waals surface area contributed by atoms with E-state index in [4.69, 9.17) is 4.42 Å². The van der Waals surface area contributed by atoms with Crippen molar-refractivity contribution in [2.75, 3.05) is 5.32 Å². The normalized spacial score (nSPS) is 9.93. The fourth-order valence-corrected chi connectivity index (χ4v) is 1.24. The molecule has 0 radical (unpaired) electrons. The number of carbonyl (C=O) groups excluding carboxylic acids is 1. The molecule has 0 saturated heterocycles. The molecule has 15 heavy (non-hydrogen) atoms. The molecule has 4 heteroatoms. The Morgan fingerprint density at radius 1 is 1.40 bits per heavy atom. The molecular formula is C11H10N2O2. The molecule has 0 aliphatic carbocycles. The molecule has 76 valence electrons. The molecule has 0 atom stereocenters. The third-order valence-electron chi connectivity index (χ3n) is 2.01. The SMILES string of the molecule is Cc1occc1C(=O)Nc1ccccn1. The highest BCUT2D eigenvalue weighted by Gasteiger charge is 2.11. The smallest absolute Gasteiger partial charge is 0.260 e. The average Bonchev–Trinajstić information content (AvgIpc) is 2.66. The van der Waals surface area contributed by atoms with Crippen LogP contribution in [0.15, 0.2) is 41.1 Å². The molecule has 0 aliphatic rings. The maximum atomic E-state index is 11.7. The Balaban J connectivity index is 2.15. The van der Waals surface area contributed by atoms with Crippen molar-refractivity contribution in [2.45, 2.75) is 6.92 Å². The maximum Gasteiger partial charge on any atom is 0.260 e. The van der Waals surface area contributed by atoms with Crippen LogP contribution < -0.4 is 5.32 Å². The van der Waals surface area contributed by atoms with Crippen molar-refractivity contribution in [1.29, 1.82) is 0 Å². The van der Waals surface area contributed by atoms with Crippen LogP contribution in [-0.2, 0) is 0 Å². The van der Waals surface area contributed by atoms with Gasteiger partial charge in [0.2, 0.25) is 0 Å². The van der Waals surface area contributed by atoms with E-state index in [1.54, 1.807) is 31.3 Å². The molecule has 2 rings (SSSR count). The second-order valence-corrected chi connectivity index (χ2v) is 3.06. The van der Waals surface area contributed by atoms with Crippen LogP contribution >= 0.6 is 0 Å². The van der Waals surface area contributed by atoms with Gasteiger partial charge in [-0.1, -0.05) is 6.07 Å². The van der Waals surface area contributed by atoms with Gasteiger partial charge in [-0.05, 0) is 25.1 Å². The summed E-state index contributed by atoms with van der Waals surface area (Å²) in [6.45, 7) is 1.74. The van der Waals surface area contributed by atoms with Gasteiger partial charge in [0.05, 0.1) is 11.8 Å². The average molecular weight is 202 g/mol. The van der Waals surface area contributed by atoms with Crippen molar-refractivity contribution in [3.63, 3.8) is 0 Å². The number of nitrogens with zero attached hydrogens (tertiary/aromatic N) is 1. The lowest BCUT2D eigenvalue weighted by Crippen LogP contribution is -2.12. The number of hydrogen-bond acceptors (Lipinski definition) is 3. The second kappa shape index (κ2) is 3.96. The molecule has 1 N–H and O–H groups in total. The van der Waals surface area contributed by atoms with Crippen LogP contribution in [-0.4, -0.2) is 10.9 Å². The van der Waals surface area contributed by atoms with Crippen molar-refractivity contribution in [1.82, 2.24) is 4.98 Å². The molecule has 2 aromatic rings. The minimum Gasteiger partial charge on any atom is -0.469 e. The van der Waals surface area contributed by atoms with Crippen LogP contribution in [0.4, 0.5) is 5.82 Å². The van der Waals surface area contributed by atoms with Crippen LogP contribution in [0.1, 0.15) is 16.1 Å². The first-order chi connectivity index (χ1) is 7.27. The summed E-state index contributed by atoms with van der Waals surface area (Å²) in [4.78, 5) is 15.7. The van der Waals surface area contributed by atoms with E-state index in [0.717, 1.165) is 0 Å². The quantitative estimate of drug-likeness (QED) is 0.812. The Labute approximate surface area is 86.9 Å². The lowest BCUT2D eigenvalue weighted by atomic mass is 10.2. The number of nitrogens with one attached hydrogen (secondary N) is 1. The van der Waals surface area contributed by atoms with Gasteiger partial charge in [-0.25, -0.2) is 4.98 Å². The van der Waals surface area contributed by atoms with Gasteiger partial charge in [-0.2, -0.15) is 0 Å². The minimum atomic E-state index is -0.208. The number of amides is 1. The van der Waals surface area contributed by atoms with Crippen LogP contribution in [0.2, 0.25) is 0 Å². The third-order valence-corrected chi connectivity index (χ3v) is 2.01. The fraction of sp³-hybridized carbons (Fsp3) is 0.0909. The van der Waals surface area contributed by atoms with E-state index in [0.29, 0.717) is 17.1 Å². The summed E-state index contributed by atoms with van der Waals surface area (Å²) in [7, 11) is 0. The first-order valence-electron chi connectivity index (χ1n) is 4.54. The Bertz CT molecular complexity index is 462. The maximum absolute atomic E-state index is 11.7. The summed E-state index contributed by atoms with van der Waals surface area (Å²) in [5, 5.41) is 2.68. The van der Waals surface area contributed by atoms with Gasteiger partial charge in [-0.15, -0.1) is 0 Å². The van der Waals surface area contributed by atoms with Gasteiger partial charge in [-0.3, -0.25) is 4.79 Å². The lowest BCUT2D eigenvalue weighted by molar-refractivity contribution is 0.102. The standard InChI is InChI=1S/C11H10N2O2/c1-8-9(5-7-15-8)11(14)13-10-4-2-3-6-12-10/h2-7H,1H3,(H,12,13,14). The van der Waals surface area contributed by atoms with E-state index in [1.807, 2.05) is 6.07 Å². The molecule has 1 amide bonds. The molecule has 0 aromatic carbocycles. The summed E-state index contributed by atoms with van der Waals surface area (Å²) >= 11 is 0. The van der Waals surface area contributed by atoms with Crippen LogP contribution in [0.5, 0.6) is 0 Å². The summed E-state index contributed by atoms with van der Waals surface area (Å²) < 4.78 is 5.04. The predicted molar refractivity (Wildman–Crippen MR) is 55.6 cm³/mol. The monoisotopic (exact) mass is 202 g/mol. The fourth-order valence-electron chi connectivity index (χ4n) is 1.24. The molecule has 4 nitrogen and oxygen atoms in total. The Morgan fingerprint density at radius 3 is 2.87 bits per heavy atom. The predicted octanol–water partition coefficient (Wildman–Crippen LogP) is 2.24. The van der Waals surface area contributed by atoms with Crippen molar-refractivity contribution < 1.29 is 9.21 Å². The molecule has 0 fully saturated rings. The topological polar surface area (TPSA) is 55.1 Å². The van der Waals surface area contributed by atoms with E-state index < -0.39 is 0 Å². The molecule has 0 bridgehead atoms. The first-order valence-corrected chi connectivity index (χ1v) is 4.54. The number of aryl methyl sites for hydroxylation is 1. The Morgan fingerprint density at radius 2 is 2.27 bits per heavy atom. The minimum absolute atomic E-state index is 0.208. The van der Waals surface area contributed by atoms with E-state index >= 15 is 0 Å². The number of carbonyl (C=O) groups is 1. The Kier molecular flexibility index (Phi) is 2.49. The van der Waals surface area contributed by atoms with Gasteiger partial charge in [0.15, 0.2) is 0 Å². The first kappa shape index (κ1) is 9.45. The number of rotatable bonds is 2. The van der Waals surface area contributed by atoms with Gasteiger partial charge in [0.25, 0.3) is 5.91 Å².